The third-order valence-corrected chi connectivity index (χ3v) is 2.06. The number of carbonyl (C=O) groups excluding carboxylic acids is 1. The highest BCUT2D eigenvalue weighted by atomic mass is 16.5. The standard InChI is InChI=1S/C12H18N2O3/c1-8(2)16-5-6-17-11-7-9(13)3-4-10(11)12(14)15/h3-4,7-8H,5-6,13H2,1-2H3,(H2,14,15). The molecular weight excluding hydrogens is 220 g/mol. The number of nitrogen functional groups attached to an aromatic ring is 1. The minimum atomic E-state index is -0.537. The van der Waals surface area contributed by atoms with Crippen LogP contribution in [-0.2, 0) is 4.74 Å². The molecule has 0 aliphatic rings. The molecule has 0 spiro atoms. The van der Waals surface area contributed by atoms with Crippen molar-refractivity contribution in [1.29, 1.82) is 0 Å². The van der Waals surface area contributed by atoms with Crippen LogP contribution in [0.5, 0.6) is 5.75 Å². The topological polar surface area (TPSA) is 87.6 Å². The lowest BCUT2D eigenvalue weighted by Gasteiger charge is -2.11. The first-order valence-electron chi connectivity index (χ1n) is 5.44. The fourth-order valence-corrected chi connectivity index (χ4v) is 1.30. The Morgan fingerprint density at radius 1 is 1.35 bits per heavy atom. The summed E-state index contributed by atoms with van der Waals surface area (Å²) in [5.41, 5.74) is 11.7. The second-order valence-electron chi connectivity index (χ2n) is 3.89. The Balaban J connectivity index is 2.62. The fourth-order valence-electron chi connectivity index (χ4n) is 1.30. The smallest absolute Gasteiger partial charge is 0.252 e. The van der Waals surface area contributed by atoms with Crippen LogP contribution < -0.4 is 16.2 Å². The average molecular weight is 238 g/mol. The van der Waals surface area contributed by atoms with Gasteiger partial charge in [-0.25, -0.2) is 0 Å². The number of hydrogen-bond donors (Lipinski definition) is 2. The van der Waals surface area contributed by atoms with Gasteiger partial charge in [-0.15, -0.1) is 0 Å². The molecule has 17 heavy (non-hydrogen) atoms. The van der Waals surface area contributed by atoms with Crippen molar-refractivity contribution in [3.05, 3.63) is 23.8 Å². The van der Waals surface area contributed by atoms with Crippen LogP contribution in [0.1, 0.15) is 24.2 Å². The van der Waals surface area contributed by atoms with Crippen molar-refractivity contribution < 1.29 is 14.3 Å². The third kappa shape index (κ3) is 4.32. The van der Waals surface area contributed by atoms with Crippen LogP contribution in [0, 0.1) is 0 Å². The number of benzene rings is 1. The zero-order chi connectivity index (χ0) is 12.8. The quantitative estimate of drug-likeness (QED) is 0.575. The van der Waals surface area contributed by atoms with Crippen LogP contribution in [0.2, 0.25) is 0 Å². The number of carbonyl (C=O) groups is 1. The van der Waals surface area contributed by atoms with Crippen molar-refractivity contribution in [2.45, 2.75) is 20.0 Å². The molecule has 0 radical (unpaired) electrons. The first-order valence-corrected chi connectivity index (χ1v) is 5.44. The van der Waals surface area contributed by atoms with E-state index in [4.69, 9.17) is 20.9 Å². The molecule has 1 aromatic rings. The number of nitrogens with two attached hydrogens (primary N) is 2. The molecule has 0 aliphatic carbocycles. The predicted octanol–water partition coefficient (Wildman–Crippen LogP) is 1.17. The summed E-state index contributed by atoms with van der Waals surface area (Å²) in [7, 11) is 0. The van der Waals surface area contributed by atoms with E-state index in [0.717, 1.165) is 0 Å². The van der Waals surface area contributed by atoms with Crippen LogP contribution in [0.4, 0.5) is 5.69 Å². The summed E-state index contributed by atoms with van der Waals surface area (Å²) in [6.07, 6.45) is 0.148. The molecular formula is C12H18N2O3. The van der Waals surface area contributed by atoms with Gasteiger partial charge < -0.3 is 20.9 Å². The van der Waals surface area contributed by atoms with E-state index in [9.17, 15) is 4.79 Å². The van der Waals surface area contributed by atoms with Crippen molar-refractivity contribution >= 4 is 11.6 Å². The highest BCUT2D eigenvalue weighted by molar-refractivity contribution is 5.96. The van der Waals surface area contributed by atoms with Gasteiger partial charge in [-0.3, -0.25) is 4.79 Å². The summed E-state index contributed by atoms with van der Waals surface area (Å²) in [6, 6.07) is 4.74. The first kappa shape index (κ1) is 13.3. The van der Waals surface area contributed by atoms with E-state index in [1.165, 1.54) is 0 Å². The Morgan fingerprint density at radius 3 is 2.65 bits per heavy atom. The summed E-state index contributed by atoms with van der Waals surface area (Å²) in [5, 5.41) is 0. The highest BCUT2D eigenvalue weighted by Crippen LogP contribution is 2.21. The van der Waals surface area contributed by atoms with E-state index in [1.807, 2.05) is 13.8 Å². The maximum atomic E-state index is 11.1. The Bertz CT molecular complexity index is 391. The molecule has 0 saturated carbocycles. The van der Waals surface area contributed by atoms with Crippen molar-refractivity contribution in [3.8, 4) is 5.75 Å². The minimum Gasteiger partial charge on any atom is -0.490 e. The molecule has 0 unspecified atom stereocenters. The normalized spacial score (nSPS) is 10.5. The van der Waals surface area contributed by atoms with Crippen LogP contribution in [0.3, 0.4) is 0 Å². The summed E-state index contributed by atoms with van der Waals surface area (Å²) in [4.78, 5) is 11.1. The molecule has 0 saturated heterocycles. The number of amides is 1. The lowest BCUT2D eigenvalue weighted by atomic mass is 10.2. The Hall–Kier alpha value is -1.75. The zero-order valence-electron chi connectivity index (χ0n) is 10.1. The molecule has 94 valence electrons. The summed E-state index contributed by atoms with van der Waals surface area (Å²) in [5.74, 6) is -0.144. The molecule has 1 aromatic carbocycles. The van der Waals surface area contributed by atoms with E-state index in [-0.39, 0.29) is 6.10 Å². The average Bonchev–Trinajstić information content (AvgIpc) is 2.23. The van der Waals surface area contributed by atoms with Gasteiger partial charge in [0.15, 0.2) is 0 Å². The SMILES string of the molecule is CC(C)OCCOc1cc(N)ccc1C(N)=O. The van der Waals surface area contributed by atoms with Crippen LogP contribution in [-0.4, -0.2) is 25.2 Å². The van der Waals surface area contributed by atoms with Gasteiger partial charge in [0, 0.05) is 11.8 Å². The monoisotopic (exact) mass is 238 g/mol. The summed E-state index contributed by atoms with van der Waals surface area (Å²) < 4.78 is 10.7. The Morgan fingerprint density at radius 2 is 2.06 bits per heavy atom. The molecule has 5 heteroatoms. The molecule has 5 nitrogen and oxygen atoms in total. The molecule has 0 heterocycles. The number of hydrogen-bond acceptors (Lipinski definition) is 4. The third-order valence-electron chi connectivity index (χ3n) is 2.06. The van der Waals surface area contributed by atoms with Crippen molar-refractivity contribution in [2.24, 2.45) is 5.73 Å². The molecule has 1 amide bonds. The lowest BCUT2D eigenvalue weighted by molar-refractivity contribution is 0.0549. The predicted molar refractivity (Wildman–Crippen MR) is 66.0 cm³/mol. The Labute approximate surface area is 101 Å². The van der Waals surface area contributed by atoms with Crippen LogP contribution in [0.15, 0.2) is 18.2 Å². The number of anilines is 1. The van der Waals surface area contributed by atoms with E-state index in [2.05, 4.69) is 0 Å². The number of primary amides is 1. The molecule has 0 aliphatic heterocycles. The largest absolute Gasteiger partial charge is 0.490 e. The molecule has 0 bridgehead atoms. The van der Waals surface area contributed by atoms with Gasteiger partial charge in [-0.2, -0.15) is 0 Å². The lowest BCUT2D eigenvalue weighted by Crippen LogP contribution is -2.16. The maximum absolute atomic E-state index is 11.1. The van der Waals surface area contributed by atoms with Gasteiger partial charge in [0.05, 0.1) is 18.3 Å². The number of rotatable bonds is 6. The second kappa shape index (κ2) is 6.10. The Kier molecular flexibility index (Phi) is 4.78. The van der Waals surface area contributed by atoms with E-state index in [0.29, 0.717) is 30.2 Å². The van der Waals surface area contributed by atoms with Crippen molar-refractivity contribution in [2.75, 3.05) is 18.9 Å². The summed E-state index contributed by atoms with van der Waals surface area (Å²) >= 11 is 0. The van der Waals surface area contributed by atoms with Gasteiger partial charge in [0.25, 0.3) is 5.91 Å². The van der Waals surface area contributed by atoms with Gasteiger partial charge >= 0.3 is 0 Å². The van der Waals surface area contributed by atoms with Crippen LogP contribution >= 0.6 is 0 Å². The van der Waals surface area contributed by atoms with Gasteiger partial charge in [0.1, 0.15) is 12.4 Å². The fraction of sp³-hybridized carbons (Fsp3) is 0.417. The minimum absolute atomic E-state index is 0.148. The zero-order valence-corrected chi connectivity index (χ0v) is 10.1. The highest BCUT2D eigenvalue weighted by Gasteiger charge is 2.09. The van der Waals surface area contributed by atoms with Gasteiger partial charge in [-0.05, 0) is 26.0 Å². The molecule has 1 rings (SSSR count). The van der Waals surface area contributed by atoms with Crippen molar-refractivity contribution in [1.82, 2.24) is 0 Å². The van der Waals surface area contributed by atoms with Gasteiger partial charge in [0.2, 0.25) is 0 Å². The molecule has 4 N–H and O–H groups in total. The van der Waals surface area contributed by atoms with Gasteiger partial charge in [-0.1, -0.05) is 0 Å². The summed E-state index contributed by atoms with van der Waals surface area (Å²) in [6.45, 7) is 4.68. The van der Waals surface area contributed by atoms with E-state index >= 15 is 0 Å². The maximum Gasteiger partial charge on any atom is 0.252 e. The van der Waals surface area contributed by atoms with Crippen LogP contribution in [0.25, 0.3) is 0 Å². The second-order valence-corrected chi connectivity index (χ2v) is 3.89. The molecule has 0 atom stereocenters. The molecule has 0 aromatic heterocycles. The van der Waals surface area contributed by atoms with Crippen molar-refractivity contribution in [3.63, 3.8) is 0 Å². The number of ether oxygens (including phenoxy) is 2. The molecule has 0 fully saturated rings. The van der Waals surface area contributed by atoms with E-state index < -0.39 is 5.91 Å². The van der Waals surface area contributed by atoms with E-state index in [1.54, 1.807) is 18.2 Å². The first-order chi connectivity index (χ1) is 8.00.